The van der Waals surface area contributed by atoms with Crippen LogP contribution in [0.2, 0.25) is 0 Å². The lowest BCUT2D eigenvalue weighted by Crippen LogP contribution is -2.35. The van der Waals surface area contributed by atoms with Crippen molar-refractivity contribution in [1.82, 2.24) is 0 Å². The highest BCUT2D eigenvalue weighted by Crippen LogP contribution is 2.44. The number of aromatic nitrogens is 1. The van der Waals surface area contributed by atoms with Crippen LogP contribution in [-0.4, -0.2) is 6.54 Å². The number of fused-ring (bicyclic) bond motifs is 6. The van der Waals surface area contributed by atoms with E-state index in [1.807, 2.05) is 18.2 Å². The standard InChI is InChI=1S/C31H29N2O2/c1-3-20-32-28(34-26-18-16-22-10-5-7-12-24(22)30(26)32)14-9-15-29-33(21-4-2)31-25-13-8-6-11-23(25)17-19-27(31)35-29/h5-19H,3-4,20-21H2,1-2H3/q+1. The number of hydrogen-bond acceptors (Lipinski definition) is 3. The number of aryl methyl sites for hydroxylation is 1. The van der Waals surface area contributed by atoms with Crippen molar-refractivity contribution in [3.05, 3.63) is 96.7 Å². The van der Waals surface area contributed by atoms with E-state index in [4.69, 9.17) is 9.15 Å². The van der Waals surface area contributed by atoms with Crippen LogP contribution < -0.4 is 14.2 Å². The van der Waals surface area contributed by atoms with Gasteiger partial charge in [0.2, 0.25) is 11.5 Å². The van der Waals surface area contributed by atoms with Gasteiger partial charge in [-0.25, -0.2) is 0 Å². The van der Waals surface area contributed by atoms with Crippen molar-refractivity contribution in [3.63, 3.8) is 0 Å². The van der Waals surface area contributed by atoms with Gasteiger partial charge in [-0.05, 0) is 47.5 Å². The van der Waals surface area contributed by atoms with Gasteiger partial charge in [-0.15, -0.1) is 0 Å². The highest BCUT2D eigenvalue weighted by molar-refractivity contribution is 6.02. The molecule has 0 aliphatic carbocycles. The van der Waals surface area contributed by atoms with Crippen molar-refractivity contribution >= 4 is 44.4 Å². The van der Waals surface area contributed by atoms with Gasteiger partial charge in [0.25, 0.3) is 5.52 Å². The Morgan fingerprint density at radius 3 is 2.37 bits per heavy atom. The molecule has 0 radical (unpaired) electrons. The molecule has 4 nitrogen and oxygen atoms in total. The minimum Gasteiger partial charge on any atom is -0.439 e. The van der Waals surface area contributed by atoms with Crippen LogP contribution in [0.25, 0.3) is 38.7 Å². The summed E-state index contributed by atoms with van der Waals surface area (Å²) in [7, 11) is 0. The Kier molecular flexibility index (Phi) is 5.49. The fraction of sp³-hybridized carbons (Fsp3) is 0.194. The van der Waals surface area contributed by atoms with Gasteiger partial charge >= 0.3 is 5.89 Å². The first kappa shape index (κ1) is 21.5. The largest absolute Gasteiger partial charge is 0.439 e. The summed E-state index contributed by atoms with van der Waals surface area (Å²) in [5, 5.41) is 4.89. The van der Waals surface area contributed by atoms with Gasteiger partial charge in [-0.2, -0.15) is 4.57 Å². The predicted molar refractivity (Wildman–Crippen MR) is 144 cm³/mol. The van der Waals surface area contributed by atoms with Crippen LogP contribution in [-0.2, 0) is 6.54 Å². The number of anilines is 1. The molecule has 0 bridgehead atoms. The lowest BCUT2D eigenvalue weighted by molar-refractivity contribution is -0.677. The fourth-order valence-electron chi connectivity index (χ4n) is 5.10. The van der Waals surface area contributed by atoms with Crippen molar-refractivity contribution in [1.29, 1.82) is 0 Å². The second-order valence-electron chi connectivity index (χ2n) is 8.98. The average molecular weight is 462 g/mol. The molecule has 35 heavy (non-hydrogen) atoms. The average Bonchev–Trinajstić information content (AvgIpc) is 3.43. The van der Waals surface area contributed by atoms with Crippen molar-refractivity contribution < 1.29 is 13.7 Å². The molecule has 1 aromatic heterocycles. The van der Waals surface area contributed by atoms with Crippen LogP contribution in [0, 0.1) is 0 Å². The van der Waals surface area contributed by atoms with E-state index in [0.717, 1.165) is 60.2 Å². The summed E-state index contributed by atoms with van der Waals surface area (Å²) < 4.78 is 14.9. The molecule has 5 aromatic rings. The van der Waals surface area contributed by atoms with Crippen LogP contribution in [0.1, 0.15) is 32.6 Å². The van der Waals surface area contributed by atoms with Gasteiger partial charge < -0.3 is 14.1 Å². The summed E-state index contributed by atoms with van der Waals surface area (Å²) >= 11 is 0. The van der Waals surface area contributed by atoms with E-state index in [2.05, 4.69) is 96.1 Å². The molecule has 0 saturated heterocycles. The van der Waals surface area contributed by atoms with Crippen LogP contribution in [0.5, 0.6) is 5.75 Å². The number of hydrogen-bond donors (Lipinski definition) is 0. The first-order valence-corrected chi connectivity index (χ1v) is 12.5. The normalized spacial score (nSPS) is 14.6. The van der Waals surface area contributed by atoms with Gasteiger partial charge in [-0.1, -0.05) is 68.4 Å². The molecule has 0 spiro atoms. The highest BCUT2D eigenvalue weighted by atomic mass is 16.5. The summed E-state index contributed by atoms with van der Waals surface area (Å²) in [6.45, 7) is 6.19. The van der Waals surface area contributed by atoms with Crippen LogP contribution in [0.4, 0.5) is 5.69 Å². The second-order valence-corrected chi connectivity index (χ2v) is 8.98. The molecule has 4 heteroatoms. The number of benzene rings is 4. The molecule has 2 heterocycles. The van der Waals surface area contributed by atoms with Crippen LogP contribution >= 0.6 is 0 Å². The Balaban J connectivity index is 1.40. The summed E-state index contributed by atoms with van der Waals surface area (Å²) in [4.78, 5) is 2.29. The Hall–Kier alpha value is -4.05. The summed E-state index contributed by atoms with van der Waals surface area (Å²) in [6.07, 6.45) is 8.19. The summed E-state index contributed by atoms with van der Waals surface area (Å²) in [5.41, 5.74) is 3.22. The Labute approximate surface area is 205 Å². The number of oxazole rings is 1. The zero-order valence-electron chi connectivity index (χ0n) is 20.2. The minimum atomic E-state index is 0.845. The first-order chi connectivity index (χ1) is 17.3. The van der Waals surface area contributed by atoms with E-state index in [0.29, 0.717) is 0 Å². The molecule has 174 valence electrons. The summed E-state index contributed by atoms with van der Waals surface area (Å²) in [5.74, 6) is 2.60. The number of ether oxygens (including phenoxy) is 1. The lowest BCUT2D eigenvalue weighted by Gasteiger charge is -2.18. The topological polar surface area (TPSA) is 29.5 Å². The monoisotopic (exact) mass is 461 g/mol. The molecule has 1 aliphatic rings. The Morgan fingerprint density at radius 1 is 0.829 bits per heavy atom. The van der Waals surface area contributed by atoms with Gasteiger partial charge in [0.1, 0.15) is 0 Å². The molecule has 0 unspecified atom stereocenters. The maximum Gasteiger partial charge on any atom is 0.374 e. The van der Waals surface area contributed by atoms with Crippen molar-refractivity contribution in [2.45, 2.75) is 33.2 Å². The van der Waals surface area contributed by atoms with Gasteiger partial charge in [0, 0.05) is 18.4 Å². The Bertz CT molecular complexity index is 1610. The number of rotatable bonds is 6. The lowest BCUT2D eigenvalue weighted by atomic mass is 10.1. The highest BCUT2D eigenvalue weighted by Gasteiger charge is 2.27. The minimum absolute atomic E-state index is 0.845. The smallest absolute Gasteiger partial charge is 0.374 e. The quantitative estimate of drug-likeness (QED) is 0.244. The third kappa shape index (κ3) is 3.66. The molecule has 0 amide bonds. The maximum absolute atomic E-state index is 6.31. The third-order valence-electron chi connectivity index (χ3n) is 6.60. The molecule has 0 saturated carbocycles. The number of nitrogens with zero attached hydrogens (tertiary/aromatic N) is 2. The molecular formula is C31H29N2O2+. The van der Waals surface area contributed by atoms with Gasteiger partial charge in [-0.3, -0.25) is 0 Å². The van der Waals surface area contributed by atoms with E-state index in [1.54, 1.807) is 0 Å². The van der Waals surface area contributed by atoms with Gasteiger partial charge in [0.05, 0.1) is 17.1 Å². The molecule has 6 rings (SSSR count). The second kappa shape index (κ2) is 8.95. The molecule has 4 aromatic carbocycles. The zero-order chi connectivity index (χ0) is 23.8. The van der Waals surface area contributed by atoms with E-state index < -0.39 is 0 Å². The molecule has 0 N–H and O–H groups in total. The maximum atomic E-state index is 6.31. The predicted octanol–water partition coefficient (Wildman–Crippen LogP) is 7.60. The summed E-state index contributed by atoms with van der Waals surface area (Å²) in [6, 6.07) is 25.4. The molecule has 0 fully saturated rings. The fourth-order valence-corrected chi connectivity index (χ4v) is 5.10. The van der Waals surface area contributed by atoms with Crippen molar-refractivity contribution in [2.75, 3.05) is 11.4 Å². The first-order valence-electron chi connectivity index (χ1n) is 12.5. The van der Waals surface area contributed by atoms with Gasteiger partial charge in [0.15, 0.2) is 12.3 Å². The van der Waals surface area contributed by atoms with E-state index in [9.17, 15) is 0 Å². The molecular weight excluding hydrogens is 432 g/mol. The van der Waals surface area contributed by atoms with E-state index in [-0.39, 0.29) is 0 Å². The zero-order valence-corrected chi connectivity index (χ0v) is 20.2. The number of allylic oxidation sites excluding steroid dienone is 2. The SMILES string of the molecule is CCCN1/C(=C/C=C/c2oc3ccc4ccccc4c3[n+]2CCC)Oc2ccc3ccccc3c21. The van der Waals surface area contributed by atoms with E-state index in [1.165, 1.54) is 21.5 Å². The van der Waals surface area contributed by atoms with E-state index >= 15 is 0 Å². The molecule has 0 atom stereocenters. The van der Waals surface area contributed by atoms with Crippen LogP contribution in [0.15, 0.2) is 95.2 Å². The van der Waals surface area contributed by atoms with Crippen LogP contribution in [0.3, 0.4) is 0 Å². The third-order valence-corrected chi connectivity index (χ3v) is 6.60. The van der Waals surface area contributed by atoms with Crippen molar-refractivity contribution in [2.24, 2.45) is 0 Å². The molecule has 1 aliphatic heterocycles. The Morgan fingerprint density at radius 2 is 1.57 bits per heavy atom. The van der Waals surface area contributed by atoms with Crippen molar-refractivity contribution in [3.8, 4) is 5.75 Å².